The van der Waals surface area contributed by atoms with E-state index in [4.69, 9.17) is 18.5 Å². The van der Waals surface area contributed by atoms with Gasteiger partial charge in [-0.05, 0) is 25.7 Å². The van der Waals surface area contributed by atoms with Gasteiger partial charge in [-0.2, -0.15) is 0 Å². The van der Waals surface area contributed by atoms with Crippen LogP contribution in [0.3, 0.4) is 0 Å². The third-order valence-electron chi connectivity index (χ3n) is 6.19. The summed E-state index contributed by atoms with van der Waals surface area (Å²) in [6.45, 7) is 4.08. The second-order valence-corrected chi connectivity index (χ2v) is 13.0. The van der Waals surface area contributed by atoms with Crippen LogP contribution in [0.5, 0.6) is 0 Å². The average molecular weight is 641 g/mol. The summed E-state index contributed by atoms with van der Waals surface area (Å²) in [5.41, 5.74) is 0. The average Bonchev–Trinajstić information content (AvgIpc) is 2.95. The molecule has 0 saturated heterocycles. The molecule has 0 fully saturated rings. The number of quaternary nitrogens is 1. The Morgan fingerprint density at radius 3 is 1.91 bits per heavy atom. The number of ether oxygens (including phenoxy) is 2. The minimum Gasteiger partial charge on any atom is -0.462 e. The van der Waals surface area contributed by atoms with Crippen LogP contribution in [0.2, 0.25) is 0 Å². The zero-order chi connectivity index (χ0) is 32.9. The summed E-state index contributed by atoms with van der Waals surface area (Å²) in [4.78, 5) is 34.8. The Labute approximate surface area is 266 Å². The summed E-state index contributed by atoms with van der Waals surface area (Å²) in [7, 11) is 1.41. The number of carbonyl (C=O) groups excluding carboxylic acids is 2. The van der Waals surface area contributed by atoms with E-state index in [1.165, 1.54) is 19.3 Å². The quantitative estimate of drug-likeness (QED) is 0.0319. The number of hydrogen-bond acceptors (Lipinski definition) is 7. The number of nitrogens with zero attached hydrogens (tertiary/aromatic N) is 1. The van der Waals surface area contributed by atoms with E-state index in [2.05, 4.69) is 19.9 Å². The molecular weight excluding hydrogens is 581 g/mol. The number of phosphoric ester groups is 1. The lowest BCUT2D eigenvalue weighted by atomic mass is 10.1. The Balaban J connectivity index is 4.70. The fourth-order valence-electron chi connectivity index (χ4n) is 3.63. The van der Waals surface area contributed by atoms with Gasteiger partial charge in [0.25, 0.3) is 0 Å². The van der Waals surface area contributed by atoms with Crippen LogP contribution in [-0.4, -0.2) is 74.9 Å². The first-order chi connectivity index (χ1) is 21.0. The van der Waals surface area contributed by atoms with Gasteiger partial charge in [0.2, 0.25) is 0 Å². The van der Waals surface area contributed by atoms with E-state index in [1.807, 2.05) is 75.8 Å². The molecule has 2 atom stereocenters. The number of allylic oxidation sites excluding steroid dienone is 10. The van der Waals surface area contributed by atoms with Gasteiger partial charge in [-0.3, -0.25) is 18.6 Å². The fraction of sp³-hybridized carbons (Fsp3) is 0.647. The largest absolute Gasteiger partial charge is 0.472 e. The Bertz CT molecular complexity index is 949. The highest BCUT2D eigenvalue weighted by Crippen LogP contribution is 2.43. The molecule has 1 N–H and O–H groups in total. The van der Waals surface area contributed by atoms with E-state index >= 15 is 0 Å². The van der Waals surface area contributed by atoms with Crippen LogP contribution >= 0.6 is 7.82 Å². The van der Waals surface area contributed by atoms with Gasteiger partial charge in [-0.15, -0.1) is 0 Å². The lowest BCUT2D eigenvalue weighted by Gasteiger charge is -2.24. The zero-order valence-electron chi connectivity index (χ0n) is 27.9. The van der Waals surface area contributed by atoms with Crippen molar-refractivity contribution in [1.82, 2.24) is 0 Å². The molecule has 0 bridgehead atoms. The van der Waals surface area contributed by atoms with Crippen LogP contribution in [0.25, 0.3) is 0 Å². The van der Waals surface area contributed by atoms with Crippen molar-refractivity contribution >= 4 is 19.8 Å². The van der Waals surface area contributed by atoms with Gasteiger partial charge in [0.1, 0.15) is 19.8 Å². The molecule has 0 saturated carbocycles. The van der Waals surface area contributed by atoms with Crippen molar-refractivity contribution in [3.05, 3.63) is 60.8 Å². The predicted molar refractivity (Wildman–Crippen MR) is 178 cm³/mol. The van der Waals surface area contributed by atoms with Crippen LogP contribution in [0, 0.1) is 0 Å². The maximum absolute atomic E-state index is 12.5. The van der Waals surface area contributed by atoms with Gasteiger partial charge >= 0.3 is 19.8 Å². The standard InChI is InChI=1S/C34H58NO8P/c1-6-8-10-12-14-15-16-17-18-19-21-23-25-27-34(37)43-32(31-42-44(38,39)41-29-28-35(3,4)5)30-40-33(36)26-24-22-20-13-11-9-7-2/h8,10,12,14-19,21,32H,6-7,9,11,13,20,22-31H2,1-5H3/p+1/b10-8+,14-12+,16-15+,18-17+,21-19+. The molecule has 9 nitrogen and oxygen atoms in total. The molecule has 0 spiro atoms. The number of unbranched alkanes of at least 4 members (excludes halogenated alkanes) is 7. The second kappa shape index (κ2) is 27.1. The maximum Gasteiger partial charge on any atom is 0.472 e. The number of rotatable bonds is 27. The summed E-state index contributed by atoms with van der Waals surface area (Å²) in [6, 6.07) is 0. The van der Waals surface area contributed by atoms with Gasteiger partial charge in [0.15, 0.2) is 6.10 Å². The normalized spacial score (nSPS) is 14.8. The molecule has 44 heavy (non-hydrogen) atoms. The van der Waals surface area contributed by atoms with Gasteiger partial charge in [0.05, 0.1) is 27.7 Å². The van der Waals surface area contributed by atoms with E-state index in [1.54, 1.807) is 0 Å². The van der Waals surface area contributed by atoms with Gasteiger partial charge < -0.3 is 18.9 Å². The van der Waals surface area contributed by atoms with E-state index < -0.39 is 32.5 Å². The molecule has 0 amide bonds. The highest BCUT2D eigenvalue weighted by atomic mass is 31.2. The summed E-state index contributed by atoms with van der Waals surface area (Å²) in [6.07, 6.45) is 28.8. The minimum atomic E-state index is -4.38. The van der Waals surface area contributed by atoms with Crippen molar-refractivity contribution in [3.63, 3.8) is 0 Å². The van der Waals surface area contributed by atoms with Gasteiger partial charge in [0, 0.05) is 12.8 Å². The van der Waals surface area contributed by atoms with Crippen LogP contribution in [0.15, 0.2) is 60.8 Å². The minimum absolute atomic E-state index is 0.0157. The number of phosphoric acid groups is 1. The van der Waals surface area contributed by atoms with E-state index in [0.717, 1.165) is 32.1 Å². The molecule has 0 aromatic rings. The van der Waals surface area contributed by atoms with E-state index in [0.29, 0.717) is 23.9 Å². The predicted octanol–water partition coefficient (Wildman–Crippen LogP) is 7.78. The highest BCUT2D eigenvalue weighted by molar-refractivity contribution is 7.47. The van der Waals surface area contributed by atoms with E-state index in [9.17, 15) is 19.0 Å². The molecule has 10 heteroatoms. The molecule has 0 aliphatic carbocycles. The van der Waals surface area contributed by atoms with Crippen molar-refractivity contribution in [2.24, 2.45) is 0 Å². The summed E-state index contributed by atoms with van der Waals surface area (Å²) < 4.78 is 33.8. The Kier molecular flexibility index (Phi) is 25.6. The van der Waals surface area contributed by atoms with Gasteiger partial charge in [-0.1, -0.05) is 113 Å². The highest BCUT2D eigenvalue weighted by Gasteiger charge is 2.27. The molecule has 0 aliphatic heterocycles. The fourth-order valence-corrected chi connectivity index (χ4v) is 4.37. The van der Waals surface area contributed by atoms with Gasteiger partial charge in [-0.25, -0.2) is 4.57 Å². The topological polar surface area (TPSA) is 108 Å². The smallest absolute Gasteiger partial charge is 0.462 e. The Morgan fingerprint density at radius 2 is 1.30 bits per heavy atom. The summed E-state index contributed by atoms with van der Waals surface area (Å²) in [5, 5.41) is 0. The number of carbonyl (C=O) groups is 2. The van der Waals surface area contributed by atoms with Crippen LogP contribution in [0.4, 0.5) is 0 Å². The first kappa shape index (κ1) is 41.7. The molecule has 0 rings (SSSR count). The Hall–Kier alpha value is -2.29. The summed E-state index contributed by atoms with van der Waals surface area (Å²) in [5.74, 6) is -0.903. The Morgan fingerprint density at radius 1 is 0.727 bits per heavy atom. The van der Waals surface area contributed by atoms with Crippen molar-refractivity contribution in [2.45, 2.75) is 97.0 Å². The molecule has 0 aromatic heterocycles. The number of likely N-dealkylation sites (N-methyl/N-ethyl adjacent to an activating group) is 1. The van der Waals surface area contributed by atoms with E-state index in [-0.39, 0.29) is 26.1 Å². The molecular formula is C34H59NO8P+. The number of esters is 2. The third-order valence-corrected chi connectivity index (χ3v) is 7.17. The van der Waals surface area contributed by atoms with Crippen LogP contribution < -0.4 is 0 Å². The molecule has 0 radical (unpaired) electrons. The van der Waals surface area contributed by atoms with Crippen molar-refractivity contribution in [2.75, 3.05) is 47.5 Å². The molecule has 0 heterocycles. The molecule has 0 aliphatic rings. The lowest BCUT2D eigenvalue weighted by molar-refractivity contribution is -0.870. The molecule has 0 aromatic carbocycles. The monoisotopic (exact) mass is 640 g/mol. The lowest BCUT2D eigenvalue weighted by Crippen LogP contribution is -2.37. The van der Waals surface area contributed by atoms with Crippen molar-refractivity contribution in [3.8, 4) is 0 Å². The first-order valence-corrected chi connectivity index (χ1v) is 17.6. The van der Waals surface area contributed by atoms with Crippen LogP contribution in [-0.2, 0) is 32.7 Å². The van der Waals surface area contributed by atoms with Crippen LogP contribution in [0.1, 0.15) is 90.9 Å². The first-order valence-electron chi connectivity index (χ1n) is 16.1. The third kappa shape index (κ3) is 29.8. The van der Waals surface area contributed by atoms with Crippen molar-refractivity contribution < 1.29 is 42.1 Å². The molecule has 2 unspecified atom stereocenters. The zero-order valence-corrected chi connectivity index (χ0v) is 28.8. The second-order valence-electron chi connectivity index (χ2n) is 11.6. The maximum atomic E-state index is 12.5. The number of hydrogen-bond donors (Lipinski definition) is 1. The SMILES string of the molecule is CC/C=C/C=C/C=C/C=C/C=C/CCCC(=O)OC(COC(=O)CCCCCCCCC)COP(=O)(O)OCC[N+](C)(C)C. The summed E-state index contributed by atoms with van der Waals surface area (Å²) >= 11 is 0. The van der Waals surface area contributed by atoms with Crippen molar-refractivity contribution in [1.29, 1.82) is 0 Å². The molecule has 252 valence electrons.